The van der Waals surface area contributed by atoms with Crippen LogP contribution in [0.3, 0.4) is 0 Å². The number of fused-ring (bicyclic) bond motifs is 9. The van der Waals surface area contributed by atoms with Gasteiger partial charge in [-0.2, -0.15) is 0 Å². The summed E-state index contributed by atoms with van der Waals surface area (Å²) in [5.74, 6) is 0. The van der Waals surface area contributed by atoms with Gasteiger partial charge in [0.15, 0.2) is 0 Å². The fraction of sp³-hybridized carbons (Fsp3) is 0.0811. The molecular weight excluding hydrogens is 444 g/mol. The molecule has 6 aromatic rings. The molecule has 1 atom stereocenters. The maximum Gasteiger partial charge on any atom is 0.0519 e. The van der Waals surface area contributed by atoms with Gasteiger partial charge in [0.1, 0.15) is 0 Å². The Morgan fingerprint density at radius 1 is 0.514 bits per heavy atom. The van der Waals surface area contributed by atoms with E-state index >= 15 is 0 Å². The first-order valence-electron chi connectivity index (χ1n) is 13.4. The molecule has 0 N–H and O–H groups in total. The number of rotatable bonds is 0. The highest BCUT2D eigenvalue weighted by Gasteiger charge is 2.56. The van der Waals surface area contributed by atoms with Gasteiger partial charge >= 0.3 is 0 Å². The van der Waals surface area contributed by atoms with Crippen LogP contribution in [0.15, 0.2) is 109 Å². The van der Waals surface area contributed by atoms with E-state index in [-0.39, 0.29) is 5.41 Å². The number of hydrogen-bond acceptors (Lipinski definition) is 0. The van der Waals surface area contributed by atoms with E-state index in [0.29, 0.717) is 0 Å². The Bertz CT molecular complexity index is 2090. The summed E-state index contributed by atoms with van der Waals surface area (Å²) >= 11 is 0. The Balaban J connectivity index is 1.52. The quantitative estimate of drug-likeness (QED) is 0.210. The lowest BCUT2D eigenvalue weighted by Crippen LogP contribution is -2.35. The van der Waals surface area contributed by atoms with E-state index in [9.17, 15) is 0 Å². The highest BCUT2D eigenvalue weighted by Crippen LogP contribution is 2.69. The van der Waals surface area contributed by atoms with Crippen molar-refractivity contribution in [2.75, 3.05) is 0 Å². The molecule has 1 unspecified atom stereocenters. The summed E-state index contributed by atoms with van der Waals surface area (Å²) in [6.07, 6.45) is 2.06. The van der Waals surface area contributed by atoms with E-state index in [0.717, 1.165) is 12.8 Å². The molecule has 0 radical (unpaired) electrons. The molecule has 170 valence electrons. The van der Waals surface area contributed by atoms with Crippen LogP contribution in [0.2, 0.25) is 0 Å². The van der Waals surface area contributed by atoms with Gasteiger partial charge in [0, 0.05) is 0 Å². The van der Waals surface area contributed by atoms with Crippen molar-refractivity contribution in [3.8, 4) is 22.3 Å². The van der Waals surface area contributed by atoms with Crippen LogP contribution in [0.5, 0.6) is 0 Å². The van der Waals surface area contributed by atoms with Crippen molar-refractivity contribution in [3.63, 3.8) is 0 Å². The van der Waals surface area contributed by atoms with Crippen molar-refractivity contribution in [1.82, 2.24) is 0 Å². The molecule has 1 spiro atoms. The molecule has 0 saturated carbocycles. The maximum absolute atomic E-state index is 2.49. The van der Waals surface area contributed by atoms with Crippen molar-refractivity contribution in [1.29, 1.82) is 0 Å². The summed E-state index contributed by atoms with van der Waals surface area (Å²) < 4.78 is 0. The summed E-state index contributed by atoms with van der Waals surface area (Å²) in [5, 5.41) is 5.43. The first kappa shape index (κ1) is 18.8. The standard InChI is InChI=1S/C37H22/c1-5-13-26-21(8-1)16-17-31-33(26)34-27-14-6-2-9-22(27)18-30-28-15-7-11-23-19-29-25-12-4-3-10-24(25)20-37(31,36(30)34)35(29)32(23)28/h1-18H,19-20H2. The third-order valence-corrected chi connectivity index (χ3v) is 9.70. The van der Waals surface area contributed by atoms with Gasteiger partial charge in [-0.05, 0) is 107 Å². The molecule has 37 heavy (non-hydrogen) atoms. The molecule has 4 aliphatic carbocycles. The second kappa shape index (κ2) is 6.10. The van der Waals surface area contributed by atoms with E-state index in [2.05, 4.69) is 109 Å². The van der Waals surface area contributed by atoms with E-state index in [1.807, 2.05) is 0 Å². The van der Waals surface area contributed by atoms with Crippen LogP contribution in [-0.4, -0.2) is 0 Å². The van der Waals surface area contributed by atoms with Crippen molar-refractivity contribution in [2.24, 2.45) is 0 Å². The Kier molecular flexibility index (Phi) is 3.10. The molecule has 0 heteroatoms. The molecule has 0 amide bonds. The fourth-order valence-electron chi connectivity index (χ4n) is 8.48. The minimum atomic E-state index is -0.142. The SMILES string of the molecule is c1ccc2c(c1)CC13C4=C2Cc2cccc(c24)-c2cc4ccccc4c(c21)-c1c3ccc2ccccc12. The van der Waals surface area contributed by atoms with Gasteiger partial charge in [0.05, 0.1) is 5.41 Å². The molecule has 0 bridgehead atoms. The maximum atomic E-state index is 2.49. The minimum absolute atomic E-state index is 0.142. The second-order valence-electron chi connectivity index (χ2n) is 11.2. The average Bonchev–Trinajstić information content (AvgIpc) is 3.49. The Morgan fingerprint density at radius 2 is 1.24 bits per heavy atom. The summed E-state index contributed by atoms with van der Waals surface area (Å²) in [7, 11) is 0. The largest absolute Gasteiger partial charge is 0.0620 e. The first-order chi connectivity index (χ1) is 18.3. The van der Waals surface area contributed by atoms with Crippen molar-refractivity contribution >= 4 is 32.7 Å². The number of hydrogen-bond donors (Lipinski definition) is 0. The molecule has 0 aliphatic heterocycles. The van der Waals surface area contributed by atoms with Crippen LogP contribution in [0.25, 0.3) is 54.9 Å². The summed E-state index contributed by atoms with van der Waals surface area (Å²) in [5.41, 5.74) is 17.8. The minimum Gasteiger partial charge on any atom is -0.0620 e. The lowest BCUT2D eigenvalue weighted by Gasteiger charge is -2.44. The van der Waals surface area contributed by atoms with Crippen molar-refractivity contribution in [2.45, 2.75) is 18.3 Å². The van der Waals surface area contributed by atoms with Crippen LogP contribution in [0.1, 0.15) is 33.4 Å². The van der Waals surface area contributed by atoms with Crippen LogP contribution >= 0.6 is 0 Å². The smallest absolute Gasteiger partial charge is 0.0519 e. The highest BCUT2D eigenvalue weighted by atomic mass is 14.6. The zero-order valence-electron chi connectivity index (χ0n) is 20.3. The average molecular weight is 467 g/mol. The molecule has 0 fully saturated rings. The van der Waals surface area contributed by atoms with Crippen LogP contribution in [0.4, 0.5) is 0 Å². The molecule has 0 saturated heterocycles. The normalized spacial score (nSPS) is 19.1. The van der Waals surface area contributed by atoms with Crippen molar-refractivity contribution in [3.05, 3.63) is 143 Å². The van der Waals surface area contributed by atoms with Gasteiger partial charge in [0.2, 0.25) is 0 Å². The van der Waals surface area contributed by atoms with E-state index in [4.69, 9.17) is 0 Å². The summed E-state index contributed by atoms with van der Waals surface area (Å²) in [4.78, 5) is 0. The molecular formula is C37H22. The zero-order chi connectivity index (χ0) is 23.9. The molecule has 0 nitrogen and oxygen atoms in total. The predicted molar refractivity (Wildman–Crippen MR) is 154 cm³/mol. The van der Waals surface area contributed by atoms with Crippen LogP contribution in [0, 0.1) is 0 Å². The first-order valence-corrected chi connectivity index (χ1v) is 13.4. The fourth-order valence-corrected chi connectivity index (χ4v) is 8.48. The highest BCUT2D eigenvalue weighted by molar-refractivity contribution is 6.21. The van der Waals surface area contributed by atoms with Gasteiger partial charge in [-0.15, -0.1) is 0 Å². The second-order valence-corrected chi connectivity index (χ2v) is 11.2. The van der Waals surface area contributed by atoms with Crippen LogP contribution < -0.4 is 0 Å². The number of benzene rings is 6. The lowest BCUT2D eigenvalue weighted by molar-refractivity contribution is 0.667. The van der Waals surface area contributed by atoms with E-state index in [1.54, 1.807) is 16.7 Å². The third-order valence-electron chi connectivity index (χ3n) is 9.70. The Hall–Kier alpha value is -4.42. The molecule has 0 heterocycles. The third kappa shape index (κ3) is 1.97. The van der Waals surface area contributed by atoms with E-state index in [1.165, 1.54) is 71.6 Å². The van der Waals surface area contributed by atoms with Gasteiger partial charge in [0.25, 0.3) is 0 Å². The van der Waals surface area contributed by atoms with Gasteiger partial charge in [-0.25, -0.2) is 0 Å². The Morgan fingerprint density at radius 3 is 2.16 bits per heavy atom. The topological polar surface area (TPSA) is 0 Å². The number of allylic oxidation sites excluding steroid dienone is 2. The van der Waals surface area contributed by atoms with E-state index < -0.39 is 0 Å². The van der Waals surface area contributed by atoms with Gasteiger partial charge < -0.3 is 0 Å². The van der Waals surface area contributed by atoms with Crippen LogP contribution in [-0.2, 0) is 18.3 Å². The monoisotopic (exact) mass is 466 g/mol. The molecule has 4 aliphatic rings. The molecule has 10 rings (SSSR count). The lowest BCUT2D eigenvalue weighted by atomic mass is 9.58. The summed E-state index contributed by atoms with van der Waals surface area (Å²) in [6, 6.07) is 41.6. The van der Waals surface area contributed by atoms with Gasteiger partial charge in [-0.3, -0.25) is 0 Å². The zero-order valence-corrected chi connectivity index (χ0v) is 20.3. The van der Waals surface area contributed by atoms with Gasteiger partial charge in [-0.1, -0.05) is 103 Å². The van der Waals surface area contributed by atoms with Crippen molar-refractivity contribution < 1.29 is 0 Å². The summed E-state index contributed by atoms with van der Waals surface area (Å²) in [6.45, 7) is 0. The predicted octanol–water partition coefficient (Wildman–Crippen LogP) is 8.96. The Labute approximate surface area is 215 Å². The molecule has 0 aromatic heterocycles. The molecule has 6 aromatic carbocycles.